The van der Waals surface area contributed by atoms with Crippen molar-refractivity contribution in [2.75, 3.05) is 23.8 Å². The fraction of sp³-hybridized carbons (Fsp3) is 0.333. The number of carbonyl (C=O) groups is 2. The molecule has 0 aliphatic carbocycles. The van der Waals surface area contributed by atoms with Gasteiger partial charge in [-0.15, -0.1) is 0 Å². The zero-order valence-corrected chi connectivity index (χ0v) is 9.67. The topological polar surface area (TPSA) is 104 Å². The van der Waals surface area contributed by atoms with E-state index in [1.54, 1.807) is 0 Å². The van der Waals surface area contributed by atoms with Crippen molar-refractivity contribution in [1.82, 2.24) is 0 Å². The van der Waals surface area contributed by atoms with Crippen molar-refractivity contribution in [1.29, 1.82) is 0 Å². The summed E-state index contributed by atoms with van der Waals surface area (Å²) in [6.07, 6.45) is 0.288. The number of carbonyl (C=O) groups excluding carboxylic acids is 1. The Balaban J connectivity index is 2.29. The minimum atomic E-state index is -1.06. The molecule has 2 rings (SSSR count). The molecule has 1 aromatic rings. The average Bonchev–Trinajstić information content (AvgIpc) is 2.70. The van der Waals surface area contributed by atoms with E-state index >= 15 is 0 Å². The number of aromatic carboxylic acids is 1. The molecule has 6 nitrogen and oxygen atoms in total. The van der Waals surface area contributed by atoms with E-state index in [4.69, 9.17) is 15.9 Å². The third-order valence-electron chi connectivity index (χ3n) is 3.03. The summed E-state index contributed by atoms with van der Waals surface area (Å²) in [5, 5.41) is 17.9. The van der Waals surface area contributed by atoms with Gasteiger partial charge < -0.3 is 20.8 Å². The highest BCUT2D eigenvalue weighted by Crippen LogP contribution is 2.30. The van der Waals surface area contributed by atoms with Crippen LogP contribution in [0.4, 0.5) is 11.4 Å². The average molecular weight is 250 g/mol. The molecule has 18 heavy (non-hydrogen) atoms. The van der Waals surface area contributed by atoms with Crippen molar-refractivity contribution in [2.45, 2.75) is 6.42 Å². The molecule has 0 aromatic heterocycles. The monoisotopic (exact) mass is 250 g/mol. The second-order valence-corrected chi connectivity index (χ2v) is 4.34. The van der Waals surface area contributed by atoms with Gasteiger partial charge in [0.1, 0.15) is 0 Å². The molecule has 1 atom stereocenters. The predicted octanol–water partition coefficient (Wildman–Crippen LogP) is 0.312. The number of carboxylic acid groups (broad SMARTS) is 1. The van der Waals surface area contributed by atoms with Crippen LogP contribution in [0.15, 0.2) is 18.2 Å². The van der Waals surface area contributed by atoms with Crippen LogP contribution in [0.1, 0.15) is 16.8 Å². The van der Waals surface area contributed by atoms with Crippen LogP contribution in [0.25, 0.3) is 0 Å². The zero-order chi connectivity index (χ0) is 13.3. The lowest BCUT2D eigenvalue weighted by molar-refractivity contribution is -0.117. The molecule has 1 aliphatic heterocycles. The molecule has 1 aromatic carbocycles. The summed E-state index contributed by atoms with van der Waals surface area (Å²) in [5.41, 5.74) is 6.61. The van der Waals surface area contributed by atoms with Gasteiger partial charge in [-0.3, -0.25) is 4.79 Å². The lowest BCUT2D eigenvalue weighted by Gasteiger charge is -2.18. The third kappa shape index (κ3) is 2.14. The maximum atomic E-state index is 11.8. The molecule has 0 spiro atoms. The largest absolute Gasteiger partial charge is 0.478 e. The molecule has 1 unspecified atom stereocenters. The molecule has 4 N–H and O–H groups in total. The summed E-state index contributed by atoms with van der Waals surface area (Å²) in [6.45, 7) is 0.362. The minimum absolute atomic E-state index is 0.0463. The lowest BCUT2D eigenvalue weighted by atomic mass is 10.1. The van der Waals surface area contributed by atoms with Crippen LogP contribution < -0.4 is 10.6 Å². The Morgan fingerprint density at radius 2 is 2.22 bits per heavy atom. The molecule has 1 heterocycles. The number of aliphatic hydroxyl groups is 1. The van der Waals surface area contributed by atoms with E-state index in [9.17, 15) is 9.59 Å². The molecular weight excluding hydrogens is 236 g/mol. The fourth-order valence-electron chi connectivity index (χ4n) is 2.07. The van der Waals surface area contributed by atoms with E-state index < -0.39 is 5.97 Å². The molecular formula is C12H14N2O4. The summed E-state index contributed by atoms with van der Waals surface area (Å²) in [6, 6.07) is 4.27. The number of nitrogens with two attached hydrogens (primary N) is 1. The van der Waals surface area contributed by atoms with E-state index in [0.29, 0.717) is 12.2 Å². The lowest BCUT2D eigenvalue weighted by Crippen LogP contribution is -2.26. The van der Waals surface area contributed by atoms with Crippen LogP contribution in [0.3, 0.4) is 0 Å². The van der Waals surface area contributed by atoms with Crippen LogP contribution in [0.5, 0.6) is 0 Å². The number of hydrogen-bond donors (Lipinski definition) is 3. The predicted molar refractivity (Wildman–Crippen MR) is 65.4 cm³/mol. The quantitative estimate of drug-likeness (QED) is 0.670. The number of hydrogen-bond acceptors (Lipinski definition) is 4. The third-order valence-corrected chi connectivity index (χ3v) is 3.03. The van der Waals surface area contributed by atoms with E-state index in [1.807, 2.05) is 0 Å². The van der Waals surface area contributed by atoms with Gasteiger partial charge in [-0.25, -0.2) is 4.79 Å². The highest BCUT2D eigenvalue weighted by molar-refractivity contribution is 5.99. The van der Waals surface area contributed by atoms with E-state index in [-0.39, 0.29) is 36.1 Å². The molecule has 6 heteroatoms. The van der Waals surface area contributed by atoms with Crippen LogP contribution >= 0.6 is 0 Å². The van der Waals surface area contributed by atoms with Gasteiger partial charge in [-0.05, 0) is 18.2 Å². The minimum Gasteiger partial charge on any atom is -0.478 e. The van der Waals surface area contributed by atoms with Crippen molar-refractivity contribution in [2.24, 2.45) is 5.92 Å². The first kappa shape index (κ1) is 12.4. The summed E-state index contributed by atoms with van der Waals surface area (Å²) in [7, 11) is 0. The van der Waals surface area contributed by atoms with Crippen LogP contribution in [0, 0.1) is 5.92 Å². The first-order valence-corrected chi connectivity index (χ1v) is 5.57. The number of rotatable bonds is 3. The molecule has 1 amide bonds. The standard InChI is InChI=1S/C12H14N2O4/c13-9-4-8(12(17)18)1-2-10(9)14-5-7(6-15)3-11(14)16/h1-2,4,7,15H,3,5-6,13H2,(H,17,18). The van der Waals surface area contributed by atoms with Gasteiger partial charge in [0.15, 0.2) is 0 Å². The Labute approximate surface area is 104 Å². The maximum Gasteiger partial charge on any atom is 0.335 e. The van der Waals surface area contributed by atoms with Gasteiger partial charge in [0.25, 0.3) is 0 Å². The first-order valence-electron chi connectivity index (χ1n) is 5.57. The summed E-state index contributed by atoms with van der Waals surface area (Å²) in [5.74, 6) is -1.26. The highest BCUT2D eigenvalue weighted by Gasteiger charge is 2.31. The number of carboxylic acids is 1. The van der Waals surface area contributed by atoms with E-state index in [2.05, 4.69) is 0 Å². The Kier molecular flexibility index (Phi) is 3.20. The van der Waals surface area contributed by atoms with Crippen molar-refractivity contribution >= 4 is 23.3 Å². The number of nitrogens with zero attached hydrogens (tertiary/aromatic N) is 1. The fourth-order valence-corrected chi connectivity index (χ4v) is 2.07. The first-order chi connectivity index (χ1) is 8.52. The molecule has 0 saturated carbocycles. The molecule has 0 radical (unpaired) electrons. The smallest absolute Gasteiger partial charge is 0.335 e. The number of aliphatic hydroxyl groups excluding tert-OH is 1. The van der Waals surface area contributed by atoms with Gasteiger partial charge in [-0.2, -0.15) is 0 Å². The Morgan fingerprint density at radius 1 is 1.50 bits per heavy atom. The van der Waals surface area contributed by atoms with E-state index in [1.165, 1.54) is 23.1 Å². The van der Waals surface area contributed by atoms with Crippen molar-refractivity contribution in [3.63, 3.8) is 0 Å². The van der Waals surface area contributed by atoms with Gasteiger partial charge in [0, 0.05) is 25.5 Å². The summed E-state index contributed by atoms with van der Waals surface area (Å²) in [4.78, 5) is 24.0. The molecule has 0 bridgehead atoms. The van der Waals surface area contributed by atoms with Crippen molar-refractivity contribution in [3.8, 4) is 0 Å². The van der Waals surface area contributed by atoms with Crippen LogP contribution in [0.2, 0.25) is 0 Å². The van der Waals surface area contributed by atoms with Gasteiger partial charge in [0.2, 0.25) is 5.91 Å². The number of nitrogen functional groups attached to an aromatic ring is 1. The molecule has 96 valence electrons. The van der Waals surface area contributed by atoms with Gasteiger partial charge >= 0.3 is 5.97 Å². The second kappa shape index (κ2) is 4.66. The van der Waals surface area contributed by atoms with Crippen LogP contribution in [-0.4, -0.2) is 35.2 Å². The second-order valence-electron chi connectivity index (χ2n) is 4.34. The molecule has 1 fully saturated rings. The normalized spacial score (nSPS) is 19.3. The van der Waals surface area contributed by atoms with Gasteiger partial charge in [-0.1, -0.05) is 0 Å². The SMILES string of the molecule is Nc1cc(C(=O)O)ccc1N1CC(CO)CC1=O. The Bertz CT molecular complexity index is 501. The number of amides is 1. The summed E-state index contributed by atoms with van der Waals surface area (Å²) < 4.78 is 0. The van der Waals surface area contributed by atoms with E-state index in [0.717, 1.165) is 0 Å². The van der Waals surface area contributed by atoms with Crippen molar-refractivity contribution < 1.29 is 19.8 Å². The highest BCUT2D eigenvalue weighted by atomic mass is 16.4. The summed E-state index contributed by atoms with van der Waals surface area (Å²) >= 11 is 0. The molecule has 1 saturated heterocycles. The van der Waals surface area contributed by atoms with Crippen molar-refractivity contribution in [3.05, 3.63) is 23.8 Å². The maximum absolute atomic E-state index is 11.8. The zero-order valence-electron chi connectivity index (χ0n) is 9.67. The Morgan fingerprint density at radius 3 is 2.72 bits per heavy atom. The number of benzene rings is 1. The van der Waals surface area contributed by atoms with Gasteiger partial charge in [0.05, 0.1) is 16.9 Å². The molecule has 1 aliphatic rings. The van der Waals surface area contributed by atoms with Crippen LogP contribution in [-0.2, 0) is 4.79 Å². The number of anilines is 2. The Hall–Kier alpha value is -2.08.